The molecular weight excluding hydrogens is 486 g/mol. The number of nitrogens with zero attached hydrogens (tertiary/aromatic N) is 3. The molecule has 202 valence electrons. The van der Waals surface area contributed by atoms with Gasteiger partial charge in [-0.2, -0.15) is 5.10 Å². The van der Waals surface area contributed by atoms with E-state index in [9.17, 15) is 9.59 Å². The molecule has 0 saturated carbocycles. The molecule has 7 nitrogen and oxygen atoms in total. The highest BCUT2D eigenvalue weighted by molar-refractivity contribution is 7.99. The summed E-state index contributed by atoms with van der Waals surface area (Å²) < 4.78 is 12.0. The molecule has 0 spiro atoms. The summed E-state index contributed by atoms with van der Waals surface area (Å²) >= 11 is 1.58. The van der Waals surface area contributed by atoms with Gasteiger partial charge in [0.05, 0.1) is 38.3 Å². The van der Waals surface area contributed by atoms with E-state index in [4.69, 9.17) is 9.47 Å². The van der Waals surface area contributed by atoms with Gasteiger partial charge in [0.2, 0.25) is 5.88 Å². The van der Waals surface area contributed by atoms with Crippen LogP contribution in [0.4, 0.5) is 0 Å². The van der Waals surface area contributed by atoms with Crippen LogP contribution in [-0.2, 0) is 16.1 Å². The minimum Gasteiger partial charge on any atom is -0.481 e. The maximum atomic E-state index is 12.9. The summed E-state index contributed by atoms with van der Waals surface area (Å²) in [5.41, 5.74) is 0.716. The summed E-state index contributed by atoms with van der Waals surface area (Å²) in [6.07, 6.45) is 9.54. The van der Waals surface area contributed by atoms with Crippen molar-refractivity contribution in [1.82, 2.24) is 14.8 Å². The van der Waals surface area contributed by atoms with Gasteiger partial charge >= 0.3 is 5.97 Å². The molecule has 2 aromatic heterocycles. The van der Waals surface area contributed by atoms with Crippen molar-refractivity contribution in [3.8, 4) is 5.88 Å². The summed E-state index contributed by atoms with van der Waals surface area (Å²) in [6, 6.07) is 9.31. The first-order valence-corrected chi connectivity index (χ1v) is 14.3. The number of benzene rings is 1. The number of pyridine rings is 1. The minimum atomic E-state index is -0.150. The predicted octanol–water partition coefficient (Wildman–Crippen LogP) is 6.51. The molecule has 2 heterocycles. The van der Waals surface area contributed by atoms with Crippen molar-refractivity contribution in [2.24, 2.45) is 5.92 Å². The smallest absolute Gasteiger partial charge is 0.306 e. The van der Waals surface area contributed by atoms with Crippen LogP contribution in [0.15, 0.2) is 52.4 Å². The number of fused-ring (bicyclic) bond motifs is 1. The number of rotatable bonds is 14. The molecule has 8 heteroatoms. The number of esters is 1. The summed E-state index contributed by atoms with van der Waals surface area (Å²) in [5.74, 6) is 1.46. The topological polar surface area (TPSA) is 83.3 Å². The van der Waals surface area contributed by atoms with E-state index in [0.717, 1.165) is 28.7 Å². The molecule has 0 saturated heterocycles. The van der Waals surface area contributed by atoms with Crippen LogP contribution in [0.2, 0.25) is 0 Å². The fourth-order valence-electron chi connectivity index (χ4n) is 3.79. The van der Waals surface area contributed by atoms with E-state index in [1.54, 1.807) is 37.3 Å². The van der Waals surface area contributed by atoms with Gasteiger partial charge in [-0.15, -0.1) is 11.8 Å². The van der Waals surface area contributed by atoms with E-state index in [2.05, 4.69) is 23.9 Å². The van der Waals surface area contributed by atoms with E-state index < -0.39 is 0 Å². The first-order valence-electron chi connectivity index (χ1n) is 13.3. The average molecular weight is 528 g/mol. The molecule has 0 aliphatic heterocycles. The first-order chi connectivity index (χ1) is 18.0. The van der Waals surface area contributed by atoms with Crippen molar-refractivity contribution in [3.63, 3.8) is 0 Å². The summed E-state index contributed by atoms with van der Waals surface area (Å²) in [5, 5.41) is 5.72. The number of carbonyl (C=O) groups is 1. The van der Waals surface area contributed by atoms with Gasteiger partial charge in [0.1, 0.15) is 0 Å². The van der Waals surface area contributed by atoms with Gasteiger partial charge in [0, 0.05) is 28.3 Å². The van der Waals surface area contributed by atoms with Crippen LogP contribution in [0, 0.1) is 5.92 Å². The fraction of sp³-hybridized carbons (Fsp3) is 0.517. The molecule has 37 heavy (non-hydrogen) atoms. The first kappa shape index (κ1) is 30.4. The van der Waals surface area contributed by atoms with Gasteiger partial charge in [-0.1, -0.05) is 59.4 Å². The Bertz CT molecular complexity index is 1150. The molecular formula is C29H41N3O4S. The molecule has 1 aromatic carbocycles. The zero-order valence-corrected chi connectivity index (χ0v) is 23.7. The Morgan fingerprint density at radius 2 is 1.92 bits per heavy atom. The number of thioether (sulfide) groups is 1. The average Bonchev–Trinajstić information content (AvgIpc) is 2.93. The monoisotopic (exact) mass is 527 g/mol. The highest BCUT2D eigenvalue weighted by Crippen LogP contribution is 2.23. The van der Waals surface area contributed by atoms with Gasteiger partial charge in [-0.3, -0.25) is 9.59 Å². The Kier molecular flexibility index (Phi) is 13.8. The van der Waals surface area contributed by atoms with Gasteiger partial charge in [0.25, 0.3) is 5.56 Å². The predicted molar refractivity (Wildman–Crippen MR) is 151 cm³/mol. The summed E-state index contributed by atoms with van der Waals surface area (Å²) in [7, 11) is 1.56. The molecule has 0 bridgehead atoms. The van der Waals surface area contributed by atoms with Crippen molar-refractivity contribution in [1.29, 1.82) is 0 Å². The second-order valence-corrected chi connectivity index (χ2v) is 9.79. The quantitative estimate of drug-likeness (QED) is 0.134. The second-order valence-electron chi connectivity index (χ2n) is 8.62. The van der Waals surface area contributed by atoms with Gasteiger partial charge in [0.15, 0.2) is 0 Å². The van der Waals surface area contributed by atoms with E-state index in [-0.39, 0.29) is 11.5 Å². The maximum absolute atomic E-state index is 12.9. The van der Waals surface area contributed by atoms with E-state index in [1.807, 2.05) is 38.1 Å². The number of hydrogen-bond donors (Lipinski definition) is 0. The van der Waals surface area contributed by atoms with E-state index >= 15 is 0 Å². The third-order valence-electron chi connectivity index (χ3n) is 6.01. The summed E-state index contributed by atoms with van der Waals surface area (Å²) in [4.78, 5) is 30.2. The van der Waals surface area contributed by atoms with E-state index in [0.29, 0.717) is 42.5 Å². The molecule has 3 rings (SSSR count). The van der Waals surface area contributed by atoms with Crippen molar-refractivity contribution >= 4 is 28.5 Å². The standard InChI is InChI=1S/C27H35N3O4S.C2H6/c1-4-6-7-8-20(5-2)19-34-26(31)13-14-35-23-10-11-24-22(15-23)17-29-30(27(24)32)18-21-9-12-25(33-3)28-16-21;1-2/h9-12,15-17,20H,4-8,13-14,18-19H2,1-3H3;1-2H3. The second kappa shape index (κ2) is 16.8. The molecule has 0 aliphatic carbocycles. The molecule has 0 aliphatic rings. The van der Waals surface area contributed by atoms with Gasteiger partial charge in [-0.25, -0.2) is 9.67 Å². The highest BCUT2D eigenvalue weighted by Gasteiger charge is 2.11. The zero-order valence-electron chi connectivity index (χ0n) is 22.9. The third kappa shape index (κ3) is 9.84. The van der Waals surface area contributed by atoms with Crippen LogP contribution in [0.3, 0.4) is 0 Å². The van der Waals surface area contributed by atoms with Gasteiger partial charge in [-0.05, 0) is 36.1 Å². The van der Waals surface area contributed by atoms with Crippen molar-refractivity contribution < 1.29 is 14.3 Å². The van der Waals surface area contributed by atoms with Crippen LogP contribution < -0.4 is 10.3 Å². The number of ether oxygens (including phenoxy) is 2. The lowest BCUT2D eigenvalue weighted by atomic mass is 10.00. The third-order valence-corrected chi connectivity index (χ3v) is 7.01. The number of carbonyl (C=O) groups excluding carboxylic acids is 1. The number of aromatic nitrogens is 3. The molecule has 0 radical (unpaired) electrons. The zero-order chi connectivity index (χ0) is 27.0. The number of unbranched alkanes of at least 4 members (excludes halogenated alkanes) is 2. The highest BCUT2D eigenvalue weighted by atomic mass is 32.2. The van der Waals surface area contributed by atoms with Gasteiger partial charge < -0.3 is 9.47 Å². The van der Waals surface area contributed by atoms with Crippen LogP contribution in [0.5, 0.6) is 5.88 Å². The minimum absolute atomic E-state index is 0.148. The largest absolute Gasteiger partial charge is 0.481 e. The molecule has 0 N–H and O–H groups in total. The van der Waals surface area contributed by atoms with Crippen LogP contribution in [0.1, 0.15) is 71.8 Å². The maximum Gasteiger partial charge on any atom is 0.306 e. The molecule has 0 fully saturated rings. The normalized spacial score (nSPS) is 11.5. The lowest BCUT2D eigenvalue weighted by Gasteiger charge is -2.14. The van der Waals surface area contributed by atoms with Crippen LogP contribution in [0.25, 0.3) is 10.8 Å². The number of hydrogen-bond acceptors (Lipinski definition) is 7. The molecule has 1 unspecified atom stereocenters. The lowest BCUT2D eigenvalue weighted by Crippen LogP contribution is -2.23. The number of methoxy groups -OCH3 is 1. The molecule has 3 aromatic rings. The Labute approximate surface area is 225 Å². The SMILES string of the molecule is CC.CCCCCC(CC)COC(=O)CCSc1ccc2c(=O)n(Cc3ccc(OC)nc3)ncc2c1. The summed E-state index contributed by atoms with van der Waals surface area (Å²) in [6.45, 7) is 9.20. The lowest BCUT2D eigenvalue weighted by molar-refractivity contribution is -0.144. The Morgan fingerprint density at radius 3 is 2.59 bits per heavy atom. The Balaban J connectivity index is 0.00000235. The van der Waals surface area contributed by atoms with Crippen LogP contribution >= 0.6 is 11.8 Å². The van der Waals surface area contributed by atoms with Crippen molar-refractivity contribution in [2.75, 3.05) is 19.5 Å². The fourth-order valence-corrected chi connectivity index (χ4v) is 4.67. The molecule has 1 atom stereocenters. The van der Waals surface area contributed by atoms with Crippen molar-refractivity contribution in [3.05, 3.63) is 58.6 Å². The Morgan fingerprint density at radius 1 is 1.11 bits per heavy atom. The van der Waals surface area contributed by atoms with Crippen LogP contribution in [-0.4, -0.2) is 40.2 Å². The Hall–Kier alpha value is -2.87. The van der Waals surface area contributed by atoms with Crippen molar-refractivity contribution in [2.45, 2.75) is 77.7 Å². The molecule has 0 amide bonds. The van der Waals surface area contributed by atoms with E-state index in [1.165, 1.54) is 23.9 Å².